The number of nitrogens with one attached hydrogen (secondary N) is 2. The number of carbonyl (C=O) groups excluding carboxylic acids is 1. The van der Waals surface area contributed by atoms with Gasteiger partial charge in [0, 0.05) is 5.69 Å². The summed E-state index contributed by atoms with van der Waals surface area (Å²) >= 11 is 0. The van der Waals surface area contributed by atoms with Crippen LogP contribution in [0.2, 0.25) is 0 Å². The summed E-state index contributed by atoms with van der Waals surface area (Å²) < 4.78 is 33.1. The van der Waals surface area contributed by atoms with E-state index in [1.807, 2.05) is 74.5 Å². The quantitative estimate of drug-likeness (QED) is 0.480. The molecule has 1 amide bonds. The number of carbonyl (C=O) groups is 1. The van der Waals surface area contributed by atoms with Gasteiger partial charge in [0.25, 0.3) is 0 Å². The van der Waals surface area contributed by atoms with Gasteiger partial charge in [-0.3, -0.25) is 9.52 Å². The Morgan fingerprint density at radius 2 is 1.47 bits per heavy atom. The van der Waals surface area contributed by atoms with Crippen molar-refractivity contribution >= 4 is 21.6 Å². The highest BCUT2D eigenvalue weighted by Crippen LogP contribution is 2.20. The van der Waals surface area contributed by atoms with E-state index in [4.69, 9.17) is 4.74 Å². The second kappa shape index (κ2) is 10.8. The van der Waals surface area contributed by atoms with E-state index >= 15 is 0 Å². The molecular formula is C25H28N2O4S. The number of amides is 1. The predicted molar refractivity (Wildman–Crippen MR) is 127 cm³/mol. The molecule has 2 N–H and O–H groups in total. The molecule has 0 saturated carbocycles. The van der Waals surface area contributed by atoms with Crippen molar-refractivity contribution in [2.24, 2.45) is 0 Å². The highest BCUT2D eigenvalue weighted by Gasteiger charge is 2.21. The van der Waals surface area contributed by atoms with Crippen molar-refractivity contribution in [3.8, 4) is 5.75 Å². The fraction of sp³-hybridized carbons (Fsp3) is 0.240. The maximum Gasteiger partial charge on any atom is 0.241 e. The molecule has 7 heteroatoms. The lowest BCUT2D eigenvalue weighted by atomic mass is 9.99. The fourth-order valence-electron chi connectivity index (χ4n) is 3.29. The van der Waals surface area contributed by atoms with Crippen LogP contribution in [-0.4, -0.2) is 26.2 Å². The number of hydrogen-bond acceptors (Lipinski definition) is 4. The molecule has 0 aliphatic rings. The molecule has 1 atom stereocenters. The summed E-state index contributed by atoms with van der Waals surface area (Å²) in [7, 11) is -3.87. The summed E-state index contributed by atoms with van der Waals surface area (Å²) in [6.45, 7) is 3.82. The standard InChI is InChI=1S/C25H28N2O4S/c1-19(2)31-23-15-13-22(14-16-23)27-32(29,30)18-25(28)26-24(21-11-7-4-8-12-21)17-20-9-5-3-6-10-20/h3-16,19,24,27H,17-18H2,1-2H3,(H,26,28)/t24-/m0/s1. The van der Waals surface area contributed by atoms with E-state index in [1.54, 1.807) is 24.3 Å². The molecule has 168 valence electrons. The predicted octanol–water partition coefficient (Wildman–Crippen LogP) is 4.32. The molecular weight excluding hydrogens is 424 g/mol. The second-order valence-electron chi connectivity index (χ2n) is 7.77. The van der Waals surface area contributed by atoms with Gasteiger partial charge in [-0.1, -0.05) is 60.7 Å². The Morgan fingerprint density at radius 1 is 0.875 bits per heavy atom. The molecule has 0 aliphatic heterocycles. The Balaban J connectivity index is 1.65. The van der Waals surface area contributed by atoms with E-state index in [-0.39, 0.29) is 12.1 Å². The molecule has 32 heavy (non-hydrogen) atoms. The minimum absolute atomic E-state index is 0.0229. The van der Waals surface area contributed by atoms with Gasteiger partial charge in [-0.25, -0.2) is 8.42 Å². The third kappa shape index (κ3) is 7.42. The summed E-state index contributed by atoms with van der Waals surface area (Å²) in [6.07, 6.45) is 0.580. The first-order valence-electron chi connectivity index (χ1n) is 10.5. The Kier molecular flexibility index (Phi) is 7.89. The van der Waals surface area contributed by atoms with Crippen LogP contribution >= 0.6 is 0 Å². The van der Waals surface area contributed by atoms with Crippen molar-refractivity contribution in [1.29, 1.82) is 0 Å². The molecule has 0 aromatic heterocycles. The van der Waals surface area contributed by atoms with Crippen LogP contribution in [0.4, 0.5) is 5.69 Å². The van der Waals surface area contributed by atoms with Gasteiger partial charge in [-0.2, -0.15) is 0 Å². The molecule has 0 spiro atoms. The van der Waals surface area contributed by atoms with Crippen LogP contribution in [0.3, 0.4) is 0 Å². The maximum atomic E-state index is 12.6. The lowest BCUT2D eigenvalue weighted by Crippen LogP contribution is -2.36. The molecule has 0 saturated heterocycles. The minimum atomic E-state index is -3.87. The summed E-state index contributed by atoms with van der Waals surface area (Å²) in [5.41, 5.74) is 2.33. The molecule has 6 nitrogen and oxygen atoms in total. The Labute approximate surface area is 189 Å². The number of sulfonamides is 1. The molecule has 0 bridgehead atoms. The van der Waals surface area contributed by atoms with Crippen LogP contribution in [0.5, 0.6) is 5.75 Å². The van der Waals surface area contributed by atoms with Gasteiger partial charge in [0.05, 0.1) is 12.1 Å². The van der Waals surface area contributed by atoms with Gasteiger partial charge in [0.2, 0.25) is 15.9 Å². The summed E-state index contributed by atoms with van der Waals surface area (Å²) in [5, 5.41) is 2.88. The monoisotopic (exact) mass is 452 g/mol. The van der Waals surface area contributed by atoms with Gasteiger partial charge in [0.1, 0.15) is 11.5 Å². The molecule has 0 unspecified atom stereocenters. The summed E-state index contributed by atoms with van der Waals surface area (Å²) in [6, 6.07) is 25.5. The van der Waals surface area contributed by atoms with Gasteiger partial charge in [0.15, 0.2) is 0 Å². The lowest BCUT2D eigenvalue weighted by molar-refractivity contribution is -0.119. The van der Waals surface area contributed by atoms with Gasteiger partial charge < -0.3 is 10.1 Å². The van der Waals surface area contributed by atoms with E-state index in [0.29, 0.717) is 17.9 Å². The Bertz CT molecular complexity index is 1100. The molecule has 3 aromatic carbocycles. The van der Waals surface area contributed by atoms with E-state index < -0.39 is 21.7 Å². The van der Waals surface area contributed by atoms with Crippen LogP contribution in [0, 0.1) is 0 Å². The second-order valence-corrected chi connectivity index (χ2v) is 9.49. The molecule has 0 radical (unpaired) electrons. The Morgan fingerprint density at radius 3 is 2.06 bits per heavy atom. The van der Waals surface area contributed by atoms with Crippen molar-refractivity contribution < 1.29 is 17.9 Å². The first-order chi connectivity index (χ1) is 15.3. The van der Waals surface area contributed by atoms with Crippen molar-refractivity contribution in [1.82, 2.24) is 5.32 Å². The lowest BCUT2D eigenvalue weighted by Gasteiger charge is -2.20. The summed E-state index contributed by atoms with van der Waals surface area (Å²) in [4.78, 5) is 12.6. The third-order valence-corrected chi connectivity index (χ3v) is 5.83. The number of hydrogen-bond donors (Lipinski definition) is 2. The van der Waals surface area contributed by atoms with E-state index in [2.05, 4.69) is 10.0 Å². The van der Waals surface area contributed by atoms with Crippen molar-refractivity contribution in [2.45, 2.75) is 32.4 Å². The number of rotatable bonds is 10. The molecule has 0 fully saturated rings. The zero-order valence-electron chi connectivity index (χ0n) is 18.2. The first kappa shape index (κ1) is 23.3. The topological polar surface area (TPSA) is 84.5 Å². The van der Waals surface area contributed by atoms with Gasteiger partial charge in [-0.05, 0) is 55.7 Å². The van der Waals surface area contributed by atoms with Gasteiger partial charge >= 0.3 is 0 Å². The van der Waals surface area contributed by atoms with Crippen LogP contribution in [0.1, 0.15) is 31.0 Å². The molecule has 3 rings (SSSR count). The number of benzene rings is 3. The van der Waals surface area contributed by atoms with Crippen LogP contribution in [-0.2, 0) is 21.2 Å². The maximum absolute atomic E-state index is 12.6. The Hall–Kier alpha value is -3.32. The first-order valence-corrected chi connectivity index (χ1v) is 12.1. The van der Waals surface area contributed by atoms with Crippen molar-refractivity contribution in [3.63, 3.8) is 0 Å². The van der Waals surface area contributed by atoms with Crippen LogP contribution in [0.15, 0.2) is 84.9 Å². The van der Waals surface area contributed by atoms with E-state index in [9.17, 15) is 13.2 Å². The average Bonchev–Trinajstić information content (AvgIpc) is 2.75. The largest absolute Gasteiger partial charge is 0.491 e. The highest BCUT2D eigenvalue weighted by molar-refractivity contribution is 7.93. The highest BCUT2D eigenvalue weighted by atomic mass is 32.2. The zero-order chi connectivity index (χ0) is 23.0. The molecule has 3 aromatic rings. The summed E-state index contributed by atoms with van der Waals surface area (Å²) in [5.74, 6) is -0.593. The van der Waals surface area contributed by atoms with Gasteiger partial charge in [-0.15, -0.1) is 0 Å². The normalized spacial score (nSPS) is 12.2. The van der Waals surface area contributed by atoms with Crippen LogP contribution in [0.25, 0.3) is 0 Å². The molecule has 0 aliphatic carbocycles. The fourth-order valence-corrected chi connectivity index (χ4v) is 4.28. The smallest absolute Gasteiger partial charge is 0.241 e. The molecule has 0 heterocycles. The number of ether oxygens (including phenoxy) is 1. The average molecular weight is 453 g/mol. The zero-order valence-corrected chi connectivity index (χ0v) is 19.0. The number of anilines is 1. The SMILES string of the molecule is CC(C)Oc1ccc(NS(=O)(=O)CC(=O)N[C@@H](Cc2ccccc2)c2ccccc2)cc1. The van der Waals surface area contributed by atoms with Crippen LogP contribution < -0.4 is 14.8 Å². The van der Waals surface area contributed by atoms with E-state index in [1.165, 1.54) is 0 Å². The van der Waals surface area contributed by atoms with Crippen molar-refractivity contribution in [2.75, 3.05) is 10.5 Å². The minimum Gasteiger partial charge on any atom is -0.491 e. The van der Waals surface area contributed by atoms with Crippen molar-refractivity contribution in [3.05, 3.63) is 96.1 Å². The van der Waals surface area contributed by atoms with E-state index in [0.717, 1.165) is 11.1 Å². The third-order valence-electron chi connectivity index (χ3n) is 4.64.